The largest absolute Gasteiger partial charge is 0.459 e. The first-order chi connectivity index (χ1) is 11.6. The zero-order chi connectivity index (χ0) is 16.7. The molecule has 4 rings (SSSR count). The Labute approximate surface area is 141 Å². The average Bonchev–Trinajstić information content (AvgIpc) is 3.22. The average molecular weight is 332 g/mol. The van der Waals surface area contributed by atoms with E-state index >= 15 is 0 Å². The van der Waals surface area contributed by atoms with Crippen LogP contribution in [0.4, 0.5) is 0 Å². The SMILES string of the molecule is O=C(c1ccco1)N1CCC2(CC1)CC(O)CN(CC1CC1)C2=O. The first kappa shape index (κ1) is 15.7. The monoisotopic (exact) mass is 332 g/mol. The van der Waals surface area contributed by atoms with Gasteiger partial charge in [-0.3, -0.25) is 9.59 Å². The molecule has 2 saturated heterocycles. The predicted molar refractivity (Wildman–Crippen MR) is 86.2 cm³/mol. The highest BCUT2D eigenvalue weighted by Gasteiger charge is 2.49. The van der Waals surface area contributed by atoms with Gasteiger partial charge in [-0.05, 0) is 50.2 Å². The van der Waals surface area contributed by atoms with Gasteiger partial charge < -0.3 is 19.3 Å². The van der Waals surface area contributed by atoms with Crippen molar-refractivity contribution in [2.75, 3.05) is 26.2 Å². The number of carbonyl (C=O) groups excluding carboxylic acids is 2. The van der Waals surface area contributed by atoms with Gasteiger partial charge in [-0.15, -0.1) is 0 Å². The van der Waals surface area contributed by atoms with E-state index in [1.807, 2.05) is 4.90 Å². The van der Waals surface area contributed by atoms with E-state index in [4.69, 9.17) is 4.42 Å². The van der Waals surface area contributed by atoms with E-state index in [2.05, 4.69) is 0 Å². The number of furan rings is 1. The highest BCUT2D eigenvalue weighted by Crippen LogP contribution is 2.42. The van der Waals surface area contributed by atoms with Crippen LogP contribution in [-0.4, -0.2) is 59.0 Å². The van der Waals surface area contributed by atoms with Gasteiger partial charge in [0, 0.05) is 26.2 Å². The Balaban J connectivity index is 1.44. The predicted octanol–water partition coefficient (Wildman–Crippen LogP) is 1.51. The maximum Gasteiger partial charge on any atom is 0.289 e. The van der Waals surface area contributed by atoms with Crippen LogP contribution < -0.4 is 0 Å². The minimum Gasteiger partial charge on any atom is -0.459 e. The first-order valence-corrected chi connectivity index (χ1v) is 8.88. The second-order valence-electron chi connectivity index (χ2n) is 7.56. The molecule has 6 heteroatoms. The van der Waals surface area contributed by atoms with E-state index in [1.54, 1.807) is 17.0 Å². The number of hydrogen-bond acceptors (Lipinski definition) is 4. The van der Waals surface area contributed by atoms with E-state index in [0.29, 0.717) is 50.6 Å². The second kappa shape index (κ2) is 5.92. The normalized spacial score (nSPS) is 26.9. The lowest BCUT2D eigenvalue weighted by Crippen LogP contribution is -2.58. The van der Waals surface area contributed by atoms with Crippen LogP contribution in [0.1, 0.15) is 42.7 Å². The lowest BCUT2D eigenvalue weighted by atomic mass is 9.70. The van der Waals surface area contributed by atoms with E-state index < -0.39 is 11.5 Å². The Morgan fingerprint density at radius 3 is 2.71 bits per heavy atom. The number of piperidine rings is 2. The van der Waals surface area contributed by atoms with Crippen molar-refractivity contribution in [1.29, 1.82) is 0 Å². The van der Waals surface area contributed by atoms with Gasteiger partial charge in [0.05, 0.1) is 17.8 Å². The molecule has 0 radical (unpaired) electrons. The molecular formula is C18H24N2O4. The van der Waals surface area contributed by atoms with Crippen molar-refractivity contribution in [1.82, 2.24) is 9.80 Å². The van der Waals surface area contributed by atoms with Crippen LogP contribution in [-0.2, 0) is 4.79 Å². The Morgan fingerprint density at radius 1 is 1.33 bits per heavy atom. The molecule has 3 heterocycles. The fraction of sp³-hybridized carbons (Fsp3) is 0.667. The van der Waals surface area contributed by atoms with Crippen LogP contribution in [0.5, 0.6) is 0 Å². The number of carbonyl (C=O) groups is 2. The minimum absolute atomic E-state index is 0.117. The molecule has 24 heavy (non-hydrogen) atoms. The van der Waals surface area contributed by atoms with Crippen molar-refractivity contribution >= 4 is 11.8 Å². The molecule has 6 nitrogen and oxygen atoms in total. The van der Waals surface area contributed by atoms with Crippen LogP contribution in [0, 0.1) is 11.3 Å². The summed E-state index contributed by atoms with van der Waals surface area (Å²) in [5, 5.41) is 10.3. The molecule has 1 unspecified atom stereocenters. The fourth-order valence-electron chi connectivity index (χ4n) is 4.16. The third kappa shape index (κ3) is 2.83. The number of nitrogens with zero attached hydrogens (tertiary/aromatic N) is 2. The number of rotatable bonds is 3. The van der Waals surface area contributed by atoms with Crippen LogP contribution in [0.15, 0.2) is 22.8 Å². The lowest BCUT2D eigenvalue weighted by Gasteiger charge is -2.47. The Hall–Kier alpha value is -1.82. The van der Waals surface area contributed by atoms with Gasteiger partial charge >= 0.3 is 0 Å². The standard InChI is InChI=1S/C18H24N2O4/c21-14-10-18(17(23)20(12-14)11-13-3-4-13)5-7-19(8-6-18)16(22)15-2-1-9-24-15/h1-2,9,13-14,21H,3-8,10-12H2. The van der Waals surface area contributed by atoms with Crippen LogP contribution in [0.2, 0.25) is 0 Å². The Bertz CT molecular complexity index is 613. The van der Waals surface area contributed by atoms with Crippen molar-refractivity contribution in [2.24, 2.45) is 11.3 Å². The molecule has 1 saturated carbocycles. The summed E-state index contributed by atoms with van der Waals surface area (Å²) in [4.78, 5) is 29.0. The van der Waals surface area contributed by atoms with E-state index in [1.165, 1.54) is 19.1 Å². The molecule has 1 aromatic heterocycles. The molecule has 1 spiro atoms. The van der Waals surface area contributed by atoms with Gasteiger partial charge in [0.15, 0.2) is 5.76 Å². The number of likely N-dealkylation sites (tertiary alicyclic amines) is 2. The number of hydrogen-bond donors (Lipinski definition) is 1. The summed E-state index contributed by atoms with van der Waals surface area (Å²) in [6, 6.07) is 3.37. The Morgan fingerprint density at radius 2 is 2.08 bits per heavy atom. The summed E-state index contributed by atoms with van der Waals surface area (Å²) < 4.78 is 5.19. The number of aliphatic hydroxyl groups is 1. The fourth-order valence-corrected chi connectivity index (χ4v) is 4.16. The van der Waals surface area contributed by atoms with E-state index in [-0.39, 0.29) is 11.8 Å². The zero-order valence-corrected chi connectivity index (χ0v) is 13.8. The van der Waals surface area contributed by atoms with Crippen LogP contribution >= 0.6 is 0 Å². The van der Waals surface area contributed by atoms with Crippen molar-refractivity contribution < 1.29 is 19.1 Å². The summed E-state index contributed by atoms with van der Waals surface area (Å²) in [6.45, 7) is 2.32. The summed E-state index contributed by atoms with van der Waals surface area (Å²) in [5.74, 6) is 1.03. The molecule has 3 aliphatic rings. The maximum atomic E-state index is 13.0. The lowest BCUT2D eigenvalue weighted by molar-refractivity contribution is -0.156. The smallest absolute Gasteiger partial charge is 0.289 e. The van der Waals surface area contributed by atoms with Gasteiger partial charge in [0.2, 0.25) is 5.91 Å². The maximum absolute atomic E-state index is 13.0. The van der Waals surface area contributed by atoms with Crippen molar-refractivity contribution in [3.63, 3.8) is 0 Å². The number of β-amino-alcohol motifs (C(OH)–C–C–N with tert-alkyl or cyclic N) is 1. The van der Waals surface area contributed by atoms with Crippen molar-refractivity contribution in [3.8, 4) is 0 Å². The summed E-state index contributed by atoms with van der Waals surface area (Å²) in [5.41, 5.74) is -0.494. The molecule has 0 aromatic carbocycles. The molecule has 1 N–H and O–H groups in total. The Kier molecular flexibility index (Phi) is 3.87. The molecule has 3 fully saturated rings. The van der Waals surface area contributed by atoms with Gasteiger partial charge in [0.1, 0.15) is 0 Å². The van der Waals surface area contributed by atoms with Gasteiger partial charge in [-0.25, -0.2) is 0 Å². The van der Waals surface area contributed by atoms with Crippen molar-refractivity contribution in [2.45, 2.75) is 38.2 Å². The molecule has 2 amide bonds. The third-order valence-corrected chi connectivity index (χ3v) is 5.71. The third-order valence-electron chi connectivity index (χ3n) is 5.71. The molecule has 130 valence electrons. The van der Waals surface area contributed by atoms with E-state index in [9.17, 15) is 14.7 Å². The quantitative estimate of drug-likeness (QED) is 0.910. The van der Waals surface area contributed by atoms with Crippen molar-refractivity contribution in [3.05, 3.63) is 24.2 Å². The zero-order valence-electron chi connectivity index (χ0n) is 13.8. The molecule has 1 aliphatic carbocycles. The molecule has 0 bridgehead atoms. The summed E-state index contributed by atoms with van der Waals surface area (Å²) >= 11 is 0. The number of amides is 2. The van der Waals surface area contributed by atoms with Gasteiger partial charge in [0.25, 0.3) is 5.91 Å². The summed E-state index contributed by atoms with van der Waals surface area (Å²) in [7, 11) is 0. The van der Waals surface area contributed by atoms with Crippen LogP contribution in [0.3, 0.4) is 0 Å². The molecule has 1 aromatic rings. The first-order valence-electron chi connectivity index (χ1n) is 8.88. The molecule has 2 aliphatic heterocycles. The highest BCUT2D eigenvalue weighted by molar-refractivity contribution is 5.92. The summed E-state index contributed by atoms with van der Waals surface area (Å²) in [6.07, 6.45) is 5.20. The van der Waals surface area contributed by atoms with Gasteiger partial charge in [-0.2, -0.15) is 0 Å². The minimum atomic E-state index is -0.494. The van der Waals surface area contributed by atoms with Gasteiger partial charge in [-0.1, -0.05) is 0 Å². The topological polar surface area (TPSA) is 74.0 Å². The molecular weight excluding hydrogens is 308 g/mol. The van der Waals surface area contributed by atoms with E-state index in [0.717, 1.165) is 6.54 Å². The van der Waals surface area contributed by atoms with Crippen LogP contribution in [0.25, 0.3) is 0 Å². The second-order valence-corrected chi connectivity index (χ2v) is 7.56. The highest BCUT2D eigenvalue weighted by atomic mass is 16.3. The molecule has 1 atom stereocenters. The number of aliphatic hydroxyl groups excluding tert-OH is 1.